The third kappa shape index (κ3) is 2.34. The van der Waals surface area contributed by atoms with E-state index in [-0.39, 0.29) is 11.5 Å². The Bertz CT molecular complexity index is 947. The molecule has 0 unspecified atom stereocenters. The molecule has 0 atom stereocenters. The molecule has 0 bridgehead atoms. The number of thiophene rings is 1. The van der Waals surface area contributed by atoms with E-state index in [0.717, 1.165) is 22.2 Å². The third-order valence-electron chi connectivity index (χ3n) is 4.11. The normalized spacial score (nSPS) is 13.5. The number of rotatable bonds is 2. The highest BCUT2D eigenvalue weighted by molar-refractivity contribution is 7.15. The summed E-state index contributed by atoms with van der Waals surface area (Å²) in [4.78, 5) is 0. The van der Waals surface area contributed by atoms with E-state index in [2.05, 4.69) is 5.32 Å². The molecule has 0 saturated carbocycles. The lowest BCUT2D eigenvalue weighted by molar-refractivity contribution is 0.471. The van der Waals surface area contributed by atoms with Crippen LogP contribution in [0.4, 0.5) is 9.39 Å². The minimum atomic E-state index is -0.497. The molecular weight excluding hydrogens is 325 g/mol. The van der Waals surface area contributed by atoms with Gasteiger partial charge in [0.1, 0.15) is 22.3 Å². The van der Waals surface area contributed by atoms with Crippen LogP contribution < -0.4 is 5.32 Å². The molecule has 0 radical (unpaired) electrons. The van der Waals surface area contributed by atoms with E-state index < -0.39 is 5.82 Å². The standard InChI is InChI=1S/C19H14FNO2S/c20-12-6-7-13(16(22)8-12)15-10-24-19-17(15)18(23)14(9-21-19)11-4-2-1-3-5-11/h1-8,10,21-23H,9H2. The average molecular weight is 339 g/mol. The van der Waals surface area contributed by atoms with Crippen LogP contribution in [0.15, 0.2) is 53.9 Å². The van der Waals surface area contributed by atoms with E-state index in [1.54, 1.807) is 0 Å². The summed E-state index contributed by atoms with van der Waals surface area (Å²) in [5.74, 6) is -0.451. The summed E-state index contributed by atoms with van der Waals surface area (Å²) in [6, 6.07) is 13.6. The predicted octanol–water partition coefficient (Wildman–Crippen LogP) is 5.11. The van der Waals surface area contributed by atoms with Crippen LogP contribution in [0.25, 0.3) is 22.5 Å². The summed E-state index contributed by atoms with van der Waals surface area (Å²) >= 11 is 1.45. The molecule has 0 amide bonds. The number of phenols is 1. The smallest absolute Gasteiger partial charge is 0.131 e. The predicted molar refractivity (Wildman–Crippen MR) is 95.8 cm³/mol. The van der Waals surface area contributed by atoms with E-state index in [1.807, 2.05) is 35.7 Å². The lowest BCUT2D eigenvalue weighted by Gasteiger charge is -2.20. The number of benzene rings is 2. The summed E-state index contributed by atoms with van der Waals surface area (Å²) in [5, 5.41) is 26.9. The molecule has 5 heteroatoms. The number of phenolic OH excluding ortho intramolecular Hbond substituents is 1. The Morgan fingerprint density at radius 1 is 1.00 bits per heavy atom. The number of aliphatic hydroxyl groups is 1. The van der Waals surface area contributed by atoms with E-state index in [1.165, 1.54) is 23.5 Å². The zero-order valence-corrected chi connectivity index (χ0v) is 13.4. The number of aliphatic hydroxyl groups excluding tert-OH is 1. The number of aromatic hydroxyl groups is 1. The first-order chi connectivity index (χ1) is 11.6. The van der Waals surface area contributed by atoms with Crippen LogP contribution in [0.1, 0.15) is 11.1 Å². The van der Waals surface area contributed by atoms with Crippen molar-refractivity contribution in [3.63, 3.8) is 0 Å². The highest BCUT2D eigenvalue weighted by Crippen LogP contribution is 2.46. The highest BCUT2D eigenvalue weighted by Gasteiger charge is 2.25. The molecule has 3 aromatic rings. The summed E-state index contributed by atoms with van der Waals surface area (Å²) in [6.45, 7) is 0.526. The molecule has 2 aromatic carbocycles. The quantitative estimate of drug-likeness (QED) is 0.608. The molecule has 120 valence electrons. The second-order valence-electron chi connectivity index (χ2n) is 5.56. The van der Waals surface area contributed by atoms with Crippen molar-refractivity contribution < 1.29 is 14.6 Å². The van der Waals surface area contributed by atoms with E-state index in [4.69, 9.17) is 0 Å². The van der Waals surface area contributed by atoms with Crippen LogP contribution in [0.5, 0.6) is 5.75 Å². The molecule has 1 aromatic heterocycles. The van der Waals surface area contributed by atoms with Gasteiger partial charge >= 0.3 is 0 Å². The number of hydrogen-bond donors (Lipinski definition) is 3. The van der Waals surface area contributed by atoms with Gasteiger partial charge in [0.25, 0.3) is 0 Å². The minimum Gasteiger partial charge on any atom is -0.507 e. The SMILES string of the molecule is OC1=C(c2ccccc2)CNc2scc(-c3ccc(F)cc3O)c21. The van der Waals surface area contributed by atoms with Crippen LogP contribution in [0.3, 0.4) is 0 Å². The third-order valence-corrected chi connectivity index (χ3v) is 5.05. The fourth-order valence-corrected chi connectivity index (χ4v) is 3.90. The molecule has 3 nitrogen and oxygen atoms in total. The van der Waals surface area contributed by atoms with Crippen LogP contribution >= 0.6 is 11.3 Å². The second-order valence-corrected chi connectivity index (χ2v) is 6.44. The van der Waals surface area contributed by atoms with Gasteiger partial charge in [-0.25, -0.2) is 4.39 Å². The molecule has 0 spiro atoms. The van der Waals surface area contributed by atoms with Crippen molar-refractivity contribution in [2.45, 2.75) is 0 Å². The van der Waals surface area contributed by atoms with Crippen molar-refractivity contribution in [3.8, 4) is 16.9 Å². The van der Waals surface area contributed by atoms with Gasteiger partial charge in [0.2, 0.25) is 0 Å². The van der Waals surface area contributed by atoms with Crippen LogP contribution in [-0.2, 0) is 0 Å². The first kappa shape index (κ1) is 14.8. The Morgan fingerprint density at radius 3 is 2.54 bits per heavy atom. The van der Waals surface area contributed by atoms with Crippen molar-refractivity contribution in [1.82, 2.24) is 0 Å². The summed E-state index contributed by atoms with van der Waals surface area (Å²) in [7, 11) is 0. The Labute approximate surface area is 142 Å². The molecule has 0 saturated heterocycles. The highest BCUT2D eigenvalue weighted by atomic mass is 32.1. The molecule has 1 aliphatic rings. The maximum Gasteiger partial charge on any atom is 0.131 e. The summed E-state index contributed by atoms with van der Waals surface area (Å²) in [6.07, 6.45) is 0. The van der Waals surface area contributed by atoms with E-state index >= 15 is 0 Å². The Kier molecular flexibility index (Phi) is 3.50. The number of halogens is 1. The summed E-state index contributed by atoms with van der Waals surface area (Å²) in [5.41, 5.74) is 3.56. The van der Waals surface area contributed by atoms with Crippen molar-refractivity contribution in [2.24, 2.45) is 0 Å². The molecule has 1 aliphatic heterocycles. The first-order valence-corrected chi connectivity index (χ1v) is 8.35. The van der Waals surface area contributed by atoms with Crippen molar-refractivity contribution >= 4 is 27.7 Å². The molecule has 0 fully saturated rings. The number of hydrogen-bond acceptors (Lipinski definition) is 4. The van der Waals surface area contributed by atoms with Gasteiger partial charge in [0.05, 0.1) is 5.56 Å². The van der Waals surface area contributed by atoms with Crippen LogP contribution in [0.2, 0.25) is 0 Å². The summed E-state index contributed by atoms with van der Waals surface area (Å²) < 4.78 is 13.3. The van der Waals surface area contributed by atoms with Gasteiger partial charge < -0.3 is 15.5 Å². The average Bonchev–Trinajstić information content (AvgIpc) is 3.01. The number of nitrogens with one attached hydrogen (secondary N) is 1. The van der Waals surface area contributed by atoms with Gasteiger partial charge in [-0.05, 0) is 17.7 Å². The maximum absolute atomic E-state index is 13.3. The monoisotopic (exact) mass is 339 g/mol. The largest absolute Gasteiger partial charge is 0.507 e. The van der Waals surface area contributed by atoms with Crippen molar-refractivity contribution in [3.05, 3.63) is 70.9 Å². The molecular formula is C19H14FNO2S. The lowest BCUT2D eigenvalue weighted by atomic mass is 9.94. The van der Waals surface area contributed by atoms with Gasteiger partial charge in [-0.3, -0.25) is 0 Å². The molecule has 2 heterocycles. The maximum atomic E-state index is 13.3. The Morgan fingerprint density at radius 2 is 1.79 bits per heavy atom. The van der Waals surface area contributed by atoms with Crippen LogP contribution in [-0.4, -0.2) is 16.8 Å². The zero-order valence-electron chi connectivity index (χ0n) is 12.6. The Balaban J connectivity index is 1.89. The topological polar surface area (TPSA) is 52.5 Å². The van der Waals surface area contributed by atoms with E-state index in [0.29, 0.717) is 23.2 Å². The molecule has 24 heavy (non-hydrogen) atoms. The number of fused-ring (bicyclic) bond motifs is 1. The zero-order chi connectivity index (χ0) is 16.7. The first-order valence-electron chi connectivity index (χ1n) is 7.47. The fraction of sp³-hybridized carbons (Fsp3) is 0.0526. The van der Waals surface area contributed by atoms with Crippen molar-refractivity contribution in [2.75, 3.05) is 11.9 Å². The molecule has 4 rings (SSSR count). The van der Waals surface area contributed by atoms with Gasteiger partial charge in [0.15, 0.2) is 0 Å². The van der Waals surface area contributed by atoms with Gasteiger partial charge in [-0.15, -0.1) is 11.3 Å². The van der Waals surface area contributed by atoms with Gasteiger partial charge in [-0.2, -0.15) is 0 Å². The lowest BCUT2D eigenvalue weighted by Crippen LogP contribution is -2.12. The second kappa shape index (κ2) is 5.69. The fourth-order valence-electron chi connectivity index (χ4n) is 2.94. The molecule has 3 N–H and O–H groups in total. The minimum absolute atomic E-state index is 0.143. The Hall–Kier alpha value is -2.79. The van der Waals surface area contributed by atoms with E-state index in [9.17, 15) is 14.6 Å². The molecule has 0 aliphatic carbocycles. The van der Waals surface area contributed by atoms with Gasteiger partial charge in [0, 0.05) is 34.7 Å². The van der Waals surface area contributed by atoms with Gasteiger partial charge in [-0.1, -0.05) is 30.3 Å². The van der Waals surface area contributed by atoms with Crippen molar-refractivity contribution in [1.29, 1.82) is 0 Å². The number of anilines is 1. The van der Waals surface area contributed by atoms with Crippen LogP contribution in [0, 0.1) is 5.82 Å².